The average Bonchev–Trinajstić information content (AvgIpc) is 2.33. The van der Waals surface area contributed by atoms with Gasteiger partial charge in [-0.05, 0) is 38.5 Å². The van der Waals surface area contributed by atoms with Gasteiger partial charge < -0.3 is 10.2 Å². The van der Waals surface area contributed by atoms with Gasteiger partial charge in [-0.2, -0.15) is 0 Å². The molecule has 18 heavy (non-hydrogen) atoms. The zero-order valence-electron chi connectivity index (χ0n) is 11.5. The smallest absolute Gasteiger partial charge is 0.242 e. The fourth-order valence-electron chi connectivity index (χ4n) is 1.75. The Hall–Kier alpha value is -1.77. The molecular formula is C15H22N2O. The Labute approximate surface area is 109 Å². The summed E-state index contributed by atoms with van der Waals surface area (Å²) < 4.78 is 0. The lowest BCUT2D eigenvalue weighted by Gasteiger charge is -2.21. The minimum Gasteiger partial charge on any atom is -0.376 e. The molecule has 0 saturated heterocycles. The van der Waals surface area contributed by atoms with E-state index in [0.29, 0.717) is 19.6 Å². The van der Waals surface area contributed by atoms with Crippen LogP contribution in [0.2, 0.25) is 0 Å². The van der Waals surface area contributed by atoms with Gasteiger partial charge >= 0.3 is 0 Å². The molecule has 0 heterocycles. The molecule has 0 saturated carbocycles. The summed E-state index contributed by atoms with van der Waals surface area (Å²) in [5, 5.41) is 3.15. The van der Waals surface area contributed by atoms with Crippen molar-refractivity contribution in [3.05, 3.63) is 42.0 Å². The third-order valence-corrected chi connectivity index (χ3v) is 2.66. The summed E-state index contributed by atoms with van der Waals surface area (Å²) in [4.78, 5) is 13.8. The summed E-state index contributed by atoms with van der Waals surface area (Å²) in [5.74, 6) is 0.0991. The van der Waals surface area contributed by atoms with Crippen molar-refractivity contribution in [3.63, 3.8) is 0 Å². The van der Waals surface area contributed by atoms with Gasteiger partial charge in [0.2, 0.25) is 5.91 Å². The summed E-state index contributed by atoms with van der Waals surface area (Å²) in [6.45, 7) is 11.5. The highest BCUT2D eigenvalue weighted by molar-refractivity contribution is 5.81. The van der Waals surface area contributed by atoms with Crippen LogP contribution in [0.1, 0.15) is 19.4 Å². The number of rotatable bonds is 6. The van der Waals surface area contributed by atoms with Gasteiger partial charge in [0.15, 0.2) is 0 Å². The quantitative estimate of drug-likeness (QED) is 0.783. The van der Waals surface area contributed by atoms with E-state index in [9.17, 15) is 4.79 Å². The van der Waals surface area contributed by atoms with Crippen LogP contribution in [-0.4, -0.2) is 30.4 Å². The van der Waals surface area contributed by atoms with Gasteiger partial charge in [-0.3, -0.25) is 4.79 Å². The zero-order valence-corrected chi connectivity index (χ0v) is 11.5. The van der Waals surface area contributed by atoms with Crippen LogP contribution in [0.25, 0.3) is 0 Å². The van der Waals surface area contributed by atoms with Gasteiger partial charge in [0, 0.05) is 18.8 Å². The maximum atomic E-state index is 12.0. The molecule has 0 fully saturated rings. The normalized spacial score (nSPS) is 9.94. The summed E-state index contributed by atoms with van der Waals surface area (Å²) in [6, 6.07) is 8.01. The second kappa shape index (κ2) is 6.84. The van der Waals surface area contributed by atoms with Crippen LogP contribution in [0, 0.1) is 6.92 Å². The number of benzene rings is 1. The van der Waals surface area contributed by atoms with Crippen molar-refractivity contribution in [1.29, 1.82) is 0 Å². The molecule has 1 rings (SSSR count). The van der Waals surface area contributed by atoms with Gasteiger partial charge in [0.25, 0.3) is 0 Å². The predicted octanol–water partition coefficient (Wildman–Crippen LogP) is 2.83. The maximum Gasteiger partial charge on any atom is 0.242 e. The molecule has 0 aliphatic heterocycles. The van der Waals surface area contributed by atoms with Crippen LogP contribution < -0.4 is 5.32 Å². The molecule has 0 aromatic heterocycles. The van der Waals surface area contributed by atoms with Crippen molar-refractivity contribution >= 4 is 11.6 Å². The Kier molecular flexibility index (Phi) is 5.43. The van der Waals surface area contributed by atoms with Crippen molar-refractivity contribution in [3.8, 4) is 0 Å². The molecule has 0 radical (unpaired) electrons. The van der Waals surface area contributed by atoms with Crippen LogP contribution in [0.3, 0.4) is 0 Å². The van der Waals surface area contributed by atoms with E-state index < -0.39 is 0 Å². The van der Waals surface area contributed by atoms with Crippen LogP contribution in [-0.2, 0) is 4.79 Å². The van der Waals surface area contributed by atoms with E-state index in [1.807, 2.05) is 45.0 Å². The topological polar surface area (TPSA) is 32.3 Å². The molecule has 0 bridgehead atoms. The highest BCUT2D eigenvalue weighted by Crippen LogP contribution is 2.09. The Morgan fingerprint density at radius 2 is 2.17 bits per heavy atom. The number of aryl methyl sites for hydroxylation is 1. The minimum absolute atomic E-state index is 0.0991. The van der Waals surface area contributed by atoms with E-state index in [0.717, 1.165) is 11.3 Å². The number of nitrogens with zero attached hydrogens (tertiary/aromatic N) is 1. The van der Waals surface area contributed by atoms with Crippen LogP contribution >= 0.6 is 0 Å². The molecule has 0 spiro atoms. The van der Waals surface area contributed by atoms with Crippen molar-refractivity contribution in [2.75, 3.05) is 25.0 Å². The number of nitrogens with one attached hydrogen (secondary N) is 1. The third-order valence-electron chi connectivity index (χ3n) is 2.66. The molecule has 0 atom stereocenters. The first kappa shape index (κ1) is 14.3. The SMILES string of the molecule is C=C(C)CN(CC)C(=O)CNc1cccc(C)c1. The van der Waals surface area contributed by atoms with Crippen molar-refractivity contribution in [1.82, 2.24) is 4.90 Å². The minimum atomic E-state index is 0.0991. The molecule has 3 nitrogen and oxygen atoms in total. The van der Waals surface area contributed by atoms with Gasteiger partial charge in [0.05, 0.1) is 6.54 Å². The molecule has 3 heteroatoms. The Bertz CT molecular complexity index is 426. The predicted molar refractivity (Wildman–Crippen MR) is 76.7 cm³/mol. The van der Waals surface area contributed by atoms with E-state index >= 15 is 0 Å². The lowest BCUT2D eigenvalue weighted by Crippen LogP contribution is -2.36. The molecule has 1 aromatic rings. The lowest BCUT2D eigenvalue weighted by molar-refractivity contribution is -0.128. The highest BCUT2D eigenvalue weighted by atomic mass is 16.2. The van der Waals surface area contributed by atoms with E-state index in [-0.39, 0.29) is 5.91 Å². The summed E-state index contributed by atoms with van der Waals surface area (Å²) in [5.41, 5.74) is 3.16. The maximum absolute atomic E-state index is 12.0. The van der Waals surface area contributed by atoms with E-state index in [1.165, 1.54) is 5.56 Å². The number of hydrogen-bond acceptors (Lipinski definition) is 2. The Morgan fingerprint density at radius 3 is 2.72 bits per heavy atom. The molecule has 1 amide bonds. The molecular weight excluding hydrogens is 224 g/mol. The van der Waals surface area contributed by atoms with Gasteiger partial charge in [-0.25, -0.2) is 0 Å². The number of likely N-dealkylation sites (N-methyl/N-ethyl adjacent to an activating group) is 1. The van der Waals surface area contributed by atoms with Gasteiger partial charge in [0.1, 0.15) is 0 Å². The van der Waals surface area contributed by atoms with E-state index in [1.54, 1.807) is 4.90 Å². The second-order valence-corrected chi connectivity index (χ2v) is 4.59. The third kappa shape index (κ3) is 4.62. The van der Waals surface area contributed by atoms with Crippen LogP contribution in [0.15, 0.2) is 36.4 Å². The number of carbonyl (C=O) groups is 1. The summed E-state index contributed by atoms with van der Waals surface area (Å²) in [6.07, 6.45) is 0. The van der Waals surface area contributed by atoms with E-state index in [4.69, 9.17) is 0 Å². The Morgan fingerprint density at radius 1 is 1.44 bits per heavy atom. The molecule has 0 aliphatic rings. The lowest BCUT2D eigenvalue weighted by atomic mass is 10.2. The number of carbonyl (C=O) groups excluding carboxylic acids is 1. The molecule has 0 aliphatic carbocycles. The van der Waals surface area contributed by atoms with Crippen molar-refractivity contribution in [2.45, 2.75) is 20.8 Å². The second-order valence-electron chi connectivity index (χ2n) is 4.59. The molecule has 1 aromatic carbocycles. The summed E-state index contributed by atoms with van der Waals surface area (Å²) >= 11 is 0. The number of amides is 1. The van der Waals surface area contributed by atoms with Gasteiger partial charge in [-0.15, -0.1) is 0 Å². The largest absolute Gasteiger partial charge is 0.376 e. The van der Waals surface area contributed by atoms with Crippen LogP contribution in [0.5, 0.6) is 0 Å². The van der Waals surface area contributed by atoms with Crippen molar-refractivity contribution < 1.29 is 4.79 Å². The average molecular weight is 246 g/mol. The number of hydrogen-bond donors (Lipinski definition) is 1. The highest BCUT2D eigenvalue weighted by Gasteiger charge is 2.10. The van der Waals surface area contributed by atoms with E-state index in [2.05, 4.69) is 11.9 Å². The first-order valence-corrected chi connectivity index (χ1v) is 6.25. The standard InChI is InChI=1S/C15H22N2O/c1-5-17(11-12(2)3)15(18)10-16-14-8-6-7-13(4)9-14/h6-9,16H,2,5,10-11H2,1,3-4H3. The van der Waals surface area contributed by atoms with Crippen LogP contribution in [0.4, 0.5) is 5.69 Å². The molecule has 1 N–H and O–H groups in total. The molecule has 98 valence electrons. The Balaban J connectivity index is 2.51. The fourth-order valence-corrected chi connectivity index (χ4v) is 1.75. The molecule has 0 unspecified atom stereocenters. The first-order chi connectivity index (χ1) is 8.52. The summed E-state index contributed by atoms with van der Waals surface area (Å²) in [7, 11) is 0. The monoisotopic (exact) mass is 246 g/mol. The number of anilines is 1. The first-order valence-electron chi connectivity index (χ1n) is 6.25. The van der Waals surface area contributed by atoms with Gasteiger partial charge in [-0.1, -0.05) is 24.3 Å². The zero-order chi connectivity index (χ0) is 13.5. The fraction of sp³-hybridized carbons (Fsp3) is 0.400. The van der Waals surface area contributed by atoms with Crippen molar-refractivity contribution in [2.24, 2.45) is 0 Å².